The van der Waals surface area contributed by atoms with E-state index >= 15 is 0 Å². The third-order valence-electron chi connectivity index (χ3n) is 3.12. The fourth-order valence-corrected chi connectivity index (χ4v) is 2.38. The van der Waals surface area contributed by atoms with Crippen molar-refractivity contribution in [3.05, 3.63) is 66.5 Å². The SMILES string of the molecule is O=C(Cn1cc(C(F)(F)F)cc(Cl)c1=O)Nc1ccc([N+](=O)[O-])cc1Cl. The summed E-state index contributed by atoms with van der Waals surface area (Å²) >= 11 is 11.3. The van der Waals surface area contributed by atoms with Crippen molar-refractivity contribution in [1.29, 1.82) is 0 Å². The summed E-state index contributed by atoms with van der Waals surface area (Å²) in [5.74, 6) is -0.877. The monoisotopic (exact) mass is 409 g/mol. The Morgan fingerprint density at radius 2 is 1.88 bits per heavy atom. The van der Waals surface area contributed by atoms with Crippen LogP contribution in [0.4, 0.5) is 24.5 Å². The first-order valence-corrected chi connectivity index (χ1v) is 7.45. The molecule has 12 heteroatoms. The Hall–Kier alpha value is -2.59. The fraction of sp³-hybridized carbons (Fsp3) is 0.143. The second-order valence-electron chi connectivity index (χ2n) is 4.98. The number of nitrogens with zero attached hydrogens (tertiary/aromatic N) is 2. The number of hydrogen-bond donors (Lipinski definition) is 1. The molecule has 0 bridgehead atoms. The highest BCUT2D eigenvalue weighted by molar-refractivity contribution is 6.34. The molecule has 0 saturated carbocycles. The zero-order chi connectivity index (χ0) is 19.6. The van der Waals surface area contributed by atoms with Crippen LogP contribution in [-0.4, -0.2) is 15.4 Å². The summed E-state index contributed by atoms with van der Waals surface area (Å²) < 4.78 is 38.8. The van der Waals surface area contributed by atoms with Gasteiger partial charge in [0.15, 0.2) is 0 Å². The molecule has 0 unspecified atom stereocenters. The molecule has 0 fully saturated rings. The Morgan fingerprint density at radius 3 is 2.42 bits per heavy atom. The number of non-ortho nitro benzene ring substituents is 1. The number of benzene rings is 1. The second-order valence-corrected chi connectivity index (χ2v) is 5.79. The van der Waals surface area contributed by atoms with Gasteiger partial charge in [0.2, 0.25) is 5.91 Å². The highest BCUT2D eigenvalue weighted by Gasteiger charge is 2.32. The molecular formula is C14H8Cl2F3N3O4. The van der Waals surface area contributed by atoms with Crippen LogP contribution < -0.4 is 10.9 Å². The lowest BCUT2D eigenvalue weighted by Crippen LogP contribution is -2.29. The van der Waals surface area contributed by atoms with Crippen molar-refractivity contribution in [3.8, 4) is 0 Å². The van der Waals surface area contributed by atoms with Crippen LogP contribution in [0.2, 0.25) is 10.0 Å². The Morgan fingerprint density at radius 1 is 1.23 bits per heavy atom. The van der Waals surface area contributed by atoms with Crippen molar-refractivity contribution >= 4 is 40.5 Å². The third kappa shape index (κ3) is 4.52. The van der Waals surface area contributed by atoms with Gasteiger partial charge in [-0.2, -0.15) is 13.2 Å². The zero-order valence-corrected chi connectivity index (χ0v) is 14.0. The molecular weight excluding hydrogens is 402 g/mol. The predicted octanol–water partition coefficient (Wildman–Crippen LogP) is 3.72. The van der Waals surface area contributed by atoms with E-state index in [1.165, 1.54) is 0 Å². The lowest BCUT2D eigenvalue weighted by Gasteiger charge is -2.12. The number of pyridine rings is 1. The number of alkyl halides is 3. The van der Waals surface area contributed by atoms with Gasteiger partial charge < -0.3 is 9.88 Å². The highest BCUT2D eigenvalue weighted by atomic mass is 35.5. The van der Waals surface area contributed by atoms with Gasteiger partial charge in [-0.25, -0.2) is 0 Å². The fourth-order valence-electron chi connectivity index (χ4n) is 1.94. The van der Waals surface area contributed by atoms with E-state index in [0.717, 1.165) is 18.2 Å². The van der Waals surface area contributed by atoms with Crippen LogP contribution in [0.3, 0.4) is 0 Å². The summed E-state index contributed by atoms with van der Waals surface area (Å²) in [5.41, 5.74) is -2.49. The molecule has 2 aromatic rings. The number of halogens is 5. The molecule has 0 aliphatic rings. The molecule has 138 valence electrons. The number of carbonyl (C=O) groups excluding carboxylic acids is 1. The van der Waals surface area contributed by atoms with Crippen LogP contribution in [0.5, 0.6) is 0 Å². The molecule has 7 nitrogen and oxygen atoms in total. The Kier molecular flexibility index (Phi) is 5.57. The number of nitrogens with one attached hydrogen (secondary N) is 1. The van der Waals surface area contributed by atoms with E-state index in [1.54, 1.807) is 0 Å². The van der Waals surface area contributed by atoms with Crippen LogP contribution in [0, 0.1) is 10.1 Å². The molecule has 0 atom stereocenters. The highest BCUT2D eigenvalue weighted by Crippen LogP contribution is 2.30. The number of hydrogen-bond acceptors (Lipinski definition) is 4. The van der Waals surface area contributed by atoms with Crippen LogP contribution in [0.1, 0.15) is 5.56 Å². The smallest absolute Gasteiger partial charge is 0.323 e. The minimum Gasteiger partial charge on any atom is -0.323 e. The molecule has 1 aromatic heterocycles. The molecule has 1 amide bonds. The second kappa shape index (κ2) is 7.34. The molecule has 2 rings (SSSR count). The van der Waals surface area contributed by atoms with Crippen molar-refractivity contribution in [2.24, 2.45) is 0 Å². The molecule has 0 spiro atoms. The first kappa shape index (κ1) is 19.7. The van der Waals surface area contributed by atoms with Gasteiger partial charge in [0.1, 0.15) is 11.6 Å². The van der Waals surface area contributed by atoms with Crippen molar-refractivity contribution in [3.63, 3.8) is 0 Å². The average Bonchev–Trinajstić information content (AvgIpc) is 2.52. The molecule has 1 N–H and O–H groups in total. The Bertz CT molecular complexity index is 944. The first-order chi connectivity index (χ1) is 12.0. The zero-order valence-electron chi connectivity index (χ0n) is 12.5. The van der Waals surface area contributed by atoms with Gasteiger partial charge in [-0.05, 0) is 12.1 Å². The van der Waals surface area contributed by atoms with Crippen LogP contribution >= 0.6 is 23.2 Å². The third-order valence-corrected chi connectivity index (χ3v) is 3.70. The number of carbonyl (C=O) groups is 1. The number of nitro groups is 1. The topological polar surface area (TPSA) is 94.2 Å². The summed E-state index contributed by atoms with van der Waals surface area (Å²) in [6, 6.07) is 3.69. The van der Waals surface area contributed by atoms with Crippen molar-refractivity contribution in [1.82, 2.24) is 4.57 Å². The van der Waals surface area contributed by atoms with Gasteiger partial charge >= 0.3 is 6.18 Å². The lowest BCUT2D eigenvalue weighted by molar-refractivity contribution is -0.384. The lowest BCUT2D eigenvalue weighted by atomic mass is 10.2. The quantitative estimate of drug-likeness (QED) is 0.614. The maximum atomic E-state index is 12.8. The molecule has 0 radical (unpaired) electrons. The van der Waals surface area contributed by atoms with Gasteiger partial charge in [0.25, 0.3) is 11.2 Å². The predicted molar refractivity (Wildman–Crippen MR) is 87.5 cm³/mol. The summed E-state index contributed by atoms with van der Waals surface area (Å²) in [5, 5.41) is 12.0. The molecule has 0 aliphatic heterocycles. The van der Waals surface area contributed by atoms with Crippen molar-refractivity contribution < 1.29 is 22.9 Å². The summed E-state index contributed by atoms with van der Waals surface area (Å²) in [6.45, 7) is -0.768. The normalized spacial score (nSPS) is 11.3. The van der Waals surface area contributed by atoms with Crippen molar-refractivity contribution in [2.45, 2.75) is 12.7 Å². The van der Waals surface area contributed by atoms with E-state index in [4.69, 9.17) is 23.2 Å². The number of aromatic nitrogens is 1. The summed E-state index contributed by atoms with van der Waals surface area (Å²) in [4.78, 5) is 33.7. The Balaban J connectivity index is 2.24. The maximum Gasteiger partial charge on any atom is 0.417 e. The average molecular weight is 410 g/mol. The molecule has 26 heavy (non-hydrogen) atoms. The number of amides is 1. The standard InChI is InChI=1S/C14H8Cl2F3N3O4/c15-9-4-8(22(25)26)1-2-11(9)20-12(23)6-21-5-7(14(17,18)19)3-10(16)13(21)24/h1-5H,6H2,(H,20,23). The van der Waals surface area contributed by atoms with Crippen LogP contribution in [0.25, 0.3) is 0 Å². The Labute approximate surface area is 153 Å². The van der Waals surface area contributed by atoms with Gasteiger partial charge in [-0.15, -0.1) is 0 Å². The van der Waals surface area contributed by atoms with E-state index in [1.807, 2.05) is 0 Å². The van der Waals surface area contributed by atoms with E-state index in [-0.39, 0.29) is 16.4 Å². The largest absolute Gasteiger partial charge is 0.417 e. The van der Waals surface area contributed by atoms with E-state index in [9.17, 15) is 32.9 Å². The van der Waals surface area contributed by atoms with Gasteiger partial charge in [0, 0.05) is 18.3 Å². The molecule has 0 aliphatic carbocycles. The van der Waals surface area contributed by atoms with Crippen LogP contribution in [-0.2, 0) is 17.5 Å². The number of anilines is 1. The molecule has 1 aromatic carbocycles. The minimum absolute atomic E-state index is 0.00612. The van der Waals surface area contributed by atoms with E-state index < -0.39 is 39.7 Å². The van der Waals surface area contributed by atoms with Gasteiger partial charge in [-0.3, -0.25) is 19.7 Å². The number of nitro benzene ring substituents is 1. The van der Waals surface area contributed by atoms with E-state index in [2.05, 4.69) is 5.32 Å². The maximum absolute atomic E-state index is 12.8. The van der Waals surface area contributed by atoms with Gasteiger partial charge in [0.05, 0.1) is 21.2 Å². The summed E-state index contributed by atoms with van der Waals surface area (Å²) in [7, 11) is 0. The summed E-state index contributed by atoms with van der Waals surface area (Å²) in [6.07, 6.45) is -4.29. The molecule has 1 heterocycles. The van der Waals surface area contributed by atoms with E-state index in [0.29, 0.717) is 16.8 Å². The molecule has 0 saturated heterocycles. The first-order valence-electron chi connectivity index (χ1n) is 6.70. The minimum atomic E-state index is -4.75. The van der Waals surface area contributed by atoms with Gasteiger partial charge in [-0.1, -0.05) is 23.2 Å². The number of rotatable bonds is 4. The van der Waals surface area contributed by atoms with Crippen LogP contribution in [0.15, 0.2) is 35.3 Å². The van der Waals surface area contributed by atoms with Crippen molar-refractivity contribution in [2.75, 3.05) is 5.32 Å².